The maximum atomic E-state index is 11.7. The van der Waals surface area contributed by atoms with E-state index in [4.69, 9.17) is 0 Å². The van der Waals surface area contributed by atoms with E-state index in [1.165, 1.54) is 6.33 Å². The number of nitrogens with zero attached hydrogens (tertiary/aromatic N) is 3. The van der Waals surface area contributed by atoms with Gasteiger partial charge >= 0.3 is 5.97 Å². The van der Waals surface area contributed by atoms with Crippen molar-refractivity contribution in [3.8, 4) is 5.69 Å². The molecule has 0 saturated heterocycles. The standard InChI is InChI=1S/C14H15N3O2/c18-13(19)14(6-1-2-7-14)11-4-3-5-12(8-11)17-10-15-9-16-17/h3-5,8-10H,1-2,6-7H2,(H,18,19). The fourth-order valence-electron chi connectivity index (χ4n) is 2.89. The van der Waals surface area contributed by atoms with Gasteiger partial charge in [-0.3, -0.25) is 4.79 Å². The number of aromatic nitrogens is 3. The van der Waals surface area contributed by atoms with Gasteiger partial charge in [-0.15, -0.1) is 0 Å². The van der Waals surface area contributed by atoms with E-state index < -0.39 is 11.4 Å². The van der Waals surface area contributed by atoms with Gasteiger partial charge in [-0.1, -0.05) is 25.0 Å². The van der Waals surface area contributed by atoms with Crippen LogP contribution in [0.2, 0.25) is 0 Å². The van der Waals surface area contributed by atoms with Crippen molar-refractivity contribution in [1.82, 2.24) is 14.8 Å². The van der Waals surface area contributed by atoms with Crippen LogP contribution < -0.4 is 0 Å². The molecule has 1 saturated carbocycles. The minimum Gasteiger partial charge on any atom is -0.481 e. The molecule has 0 aliphatic heterocycles. The highest BCUT2D eigenvalue weighted by molar-refractivity contribution is 5.82. The Bertz CT molecular complexity index is 586. The Morgan fingerprint density at radius 1 is 1.32 bits per heavy atom. The summed E-state index contributed by atoms with van der Waals surface area (Å²) < 4.78 is 1.65. The third-order valence-corrected chi connectivity index (χ3v) is 3.95. The molecule has 1 aromatic carbocycles. The van der Waals surface area contributed by atoms with Crippen LogP contribution in [0.4, 0.5) is 0 Å². The zero-order valence-electron chi connectivity index (χ0n) is 10.5. The molecule has 1 aliphatic rings. The van der Waals surface area contributed by atoms with Crippen molar-refractivity contribution >= 4 is 5.97 Å². The second-order valence-electron chi connectivity index (χ2n) is 4.98. The fraction of sp³-hybridized carbons (Fsp3) is 0.357. The summed E-state index contributed by atoms with van der Waals surface area (Å²) in [4.78, 5) is 15.6. The minimum atomic E-state index is -0.726. The van der Waals surface area contributed by atoms with E-state index in [1.54, 1.807) is 11.0 Å². The topological polar surface area (TPSA) is 68.0 Å². The molecular formula is C14H15N3O2. The van der Waals surface area contributed by atoms with E-state index in [1.807, 2.05) is 24.3 Å². The molecule has 2 aromatic rings. The normalized spacial score (nSPS) is 17.5. The summed E-state index contributed by atoms with van der Waals surface area (Å²) in [7, 11) is 0. The highest BCUT2D eigenvalue weighted by atomic mass is 16.4. The van der Waals surface area contributed by atoms with Crippen molar-refractivity contribution in [2.75, 3.05) is 0 Å². The Morgan fingerprint density at radius 3 is 2.74 bits per heavy atom. The maximum absolute atomic E-state index is 11.7. The van der Waals surface area contributed by atoms with E-state index >= 15 is 0 Å². The Hall–Kier alpha value is -2.17. The van der Waals surface area contributed by atoms with Gasteiger partial charge in [-0.2, -0.15) is 5.10 Å². The molecule has 5 nitrogen and oxygen atoms in total. The first kappa shape index (κ1) is 11.9. The average Bonchev–Trinajstić information content (AvgIpc) is 3.11. The molecular weight excluding hydrogens is 242 g/mol. The van der Waals surface area contributed by atoms with E-state index in [0.717, 1.165) is 24.1 Å². The van der Waals surface area contributed by atoms with Crippen LogP contribution in [0, 0.1) is 0 Å². The van der Waals surface area contributed by atoms with Crippen molar-refractivity contribution in [2.45, 2.75) is 31.1 Å². The van der Waals surface area contributed by atoms with Crippen molar-refractivity contribution in [3.63, 3.8) is 0 Å². The van der Waals surface area contributed by atoms with Gasteiger partial charge in [-0.25, -0.2) is 9.67 Å². The molecule has 1 N–H and O–H groups in total. The molecule has 19 heavy (non-hydrogen) atoms. The molecule has 1 aliphatic carbocycles. The lowest BCUT2D eigenvalue weighted by atomic mass is 9.79. The predicted molar refractivity (Wildman–Crippen MR) is 69.1 cm³/mol. The zero-order valence-corrected chi connectivity index (χ0v) is 10.5. The van der Waals surface area contributed by atoms with Gasteiger partial charge in [0.1, 0.15) is 12.7 Å². The molecule has 0 radical (unpaired) electrons. The molecule has 0 spiro atoms. The van der Waals surface area contributed by atoms with Crippen LogP contribution in [-0.4, -0.2) is 25.8 Å². The van der Waals surface area contributed by atoms with Crippen LogP contribution in [0.15, 0.2) is 36.9 Å². The van der Waals surface area contributed by atoms with Gasteiger partial charge in [0, 0.05) is 0 Å². The molecule has 3 rings (SSSR count). The van der Waals surface area contributed by atoms with E-state index in [2.05, 4.69) is 10.1 Å². The summed E-state index contributed by atoms with van der Waals surface area (Å²) in [6, 6.07) is 7.60. The number of benzene rings is 1. The lowest BCUT2D eigenvalue weighted by molar-refractivity contribution is -0.143. The zero-order chi connectivity index (χ0) is 13.3. The summed E-state index contributed by atoms with van der Waals surface area (Å²) in [6.45, 7) is 0. The molecule has 0 atom stereocenters. The maximum Gasteiger partial charge on any atom is 0.314 e. The second-order valence-corrected chi connectivity index (χ2v) is 4.98. The molecule has 5 heteroatoms. The van der Waals surface area contributed by atoms with Crippen LogP contribution in [0.5, 0.6) is 0 Å². The number of carboxylic acid groups (broad SMARTS) is 1. The highest BCUT2D eigenvalue weighted by Gasteiger charge is 2.42. The Labute approximate surface area is 110 Å². The number of carbonyl (C=O) groups is 1. The predicted octanol–water partition coefficient (Wildman–Crippen LogP) is 2.16. The van der Waals surface area contributed by atoms with Crippen molar-refractivity contribution in [2.24, 2.45) is 0 Å². The fourth-order valence-corrected chi connectivity index (χ4v) is 2.89. The summed E-state index contributed by atoms with van der Waals surface area (Å²) in [5.41, 5.74) is 0.990. The van der Waals surface area contributed by atoms with Crippen LogP contribution in [0.25, 0.3) is 5.69 Å². The number of hydrogen-bond donors (Lipinski definition) is 1. The molecule has 0 bridgehead atoms. The number of aliphatic carboxylic acids is 1. The smallest absolute Gasteiger partial charge is 0.314 e. The molecule has 1 aromatic heterocycles. The highest BCUT2D eigenvalue weighted by Crippen LogP contribution is 2.41. The van der Waals surface area contributed by atoms with Crippen molar-refractivity contribution in [1.29, 1.82) is 0 Å². The lowest BCUT2D eigenvalue weighted by Gasteiger charge is -2.24. The number of carboxylic acids is 1. The number of rotatable bonds is 3. The molecule has 0 amide bonds. The molecule has 98 valence electrons. The third-order valence-electron chi connectivity index (χ3n) is 3.95. The largest absolute Gasteiger partial charge is 0.481 e. The van der Waals surface area contributed by atoms with Crippen LogP contribution in [0.1, 0.15) is 31.2 Å². The van der Waals surface area contributed by atoms with Crippen LogP contribution in [-0.2, 0) is 10.2 Å². The minimum absolute atomic E-state index is 0.711. The van der Waals surface area contributed by atoms with Crippen LogP contribution >= 0.6 is 0 Å². The van der Waals surface area contributed by atoms with Gasteiger partial charge in [0.25, 0.3) is 0 Å². The van der Waals surface area contributed by atoms with Gasteiger partial charge < -0.3 is 5.11 Å². The molecule has 0 unspecified atom stereocenters. The first-order valence-electron chi connectivity index (χ1n) is 6.41. The van der Waals surface area contributed by atoms with E-state index in [-0.39, 0.29) is 0 Å². The summed E-state index contributed by atoms with van der Waals surface area (Å²) in [6.07, 6.45) is 6.45. The molecule has 1 fully saturated rings. The summed E-state index contributed by atoms with van der Waals surface area (Å²) in [5, 5.41) is 13.7. The lowest BCUT2D eigenvalue weighted by Crippen LogP contribution is -2.32. The van der Waals surface area contributed by atoms with Gasteiger partial charge in [0.2, 0.25) is 0 Å². The monoisotopic (exact) mass is 257 g/mol. The summed E-state index contributed by atoms with van der Waals surface area (Å²) >= 11 is 0. The SMILES string of the molecule is O=C(O)C1(c2cccc(-n3cncn3)c2)CCCC1. The van der Waals surface area contributed by atoms with Gasteiger partial charge in [-0.05, 0) is 30.5 Å². The Kier molecular flexibility index (Phi) is 2.81. The quantitative estimate of drug-likeness (QED) is 0.915. The van der Waals surface area contributed by atoms with Gasteiger partial charge in [0.15, 0.2) is 0 Å². The third kappa shape index (κ3) is 1.91. The van der Waals surface area contributed by atoms with Crippen molar-refractivity contribution < 1.29 is 9.90 Å². The van der Waals surface area contributed by atoms with Crippen LogP contribution in [0.3, 0.4) is 0 Å². The Morgan fingerprint density at radius 2 is 2.11 bits per heavy atom. The number of hydrogen-bond acceptors (Lipinski definition) is 3. The average molecular weight is 257 g/mol. The Balaban J connectivity index is 2.05. The van der Waals surface area contributed by atoms with E-state index in [0.29, 0.717) is 12.8 Å². The first-order chi connectivity index (χ1) is 9.22. The summed E-state index contributed by atoms with van der Waals surface area (Å²) in [5.74, 6) is -0.722. The molecule has 1 heterocycles. The van der Waals surface area contributed by atoms with Crippen molar-refractivity contribution in [3.05, 3.63) is 42.5 Å². The first-order valence-corrected chi connectivity index (χ1v) is 6.41. The second kappa shape index (κ2) is 4.50. The van der Waals surface area contributed by atoms with Gasteiger partial charge in [0.05, 0.1) is 11.1 Å². The van der Waals surface area contributed by atoms with E-state index in [9.17, 15) is 9.90 Å².